The van der Waals surface area contributed by atoms with Crippen molar-refractivity contribution in [3.05, 3.63) is 105 Å². The van der Waals surface area contributed by atoms with Crippen LogP contribution in [-0.2, 0) is 0 Å². The van der Waals surface area contributed by atoms with Gasteiger partial charge in [-0.2, -0.15) is 0 Å². The van der Waals surface area contributed by atoms with Gasteiger partial charge in [0.15, 0.2) is 0 Å². The van der Waals surface area contributed by atoms with E-state index in [1.165, 1.54) is 6.08 Å². The first-order valence-corrected chi connectivity index (χ1v) is 10.5. The number of non-ortho nitro benzene ring substituents is 2. The summed E-state index contributed by atoms with van der Waals surface area (Å²) in [6.45, 7) is 1.48. The smallest absolute Gasteiger partial charge is 0.276 e. The van der Waals surface area contributed by atoms with Crippen molar-refractivity contribution in [1.82, 2.24) is 14.9 Å². The maximum atomic E-state index is 12.5. The normalized spacial score (nSPS) is 12.2. The van der Waals surface area contributed by atoms with Crippen LogP contribution >= 0.6 is 0 Å². The molecule has 0 atom stereocenters. The van der Waals surface area contributed by atoms with E-state index >= 15 is 0 Å². The van der Waals surface area contributed by atoms with Gasteiger partial charge in [-0.25, -0.2) is 0 Å². The molecule has 0 aliphatic heterocycles. The highest BCUT2D eigenvalue weighted by Gasteiger charge is 2.15. The van der Waals surface area contributed by atoms with Gasteiger partial charge in [-0.1, -0.05) is 12.1 Å². The molecule has 2 aromatic carbocycles. The lowest BCUT2D eigenvalue weighted by molar-refractivity contribution is -0.394. The Kier molecular flexibility index (Phi) is 7.89. The number of benzene rings is 2. The topological polar surface area (TPSA) is 164 Å². The summed E-state index contributed by atoms with van der Waals surface area (Å²) < 4.78 is 5.67. The minimum absolute atomic E-state index is 0.00294. The highest BCUT2D eigenvalue weighted by Crippen LogP contribution is 2.22. The van der Waals surface area contributed by atoms with Gasteiger partial charge in [-0.15, -0.1) is 0 Å². The van der Waals surface area contributed by atoms with Crippen LogP contribution in [0.2, 0.25) is 0 Å². The highest BCUT2D eigenvalue weighted by atomic mass is 16.6. The summed E-state index contributed by atoms with van der Waals surface area (Å²) in [4.78, 5) is 52.5. The molecule has 35 heavy (non-hydrogen) atoms. The fourth-order valence-corrected chi connectivity index (χ4v) is 3.17. The van der Waals surface area contributed by atoms with Crippen molar-refractivity contribution in [2.45, 2.75) is 6.42 Å². The van der Waals surface area contributed by atoms with Crippen LogP contribution in [0.1, 0.15) is 17.5 Å². The average molecular weight is 481 g/mol. The van der Waals surface area contributed by atoms with Crippen LogP contribution in [0.15, 0.2) is 52.1 Å². The number of aromatic amines is 2. The Labute approximate surface area is 198 Å². The monoisotopic (exact) mass is 481 g/mol. The molecule has 3 rings (SSSR count). The van der Waals surface area contributed by atoms with E-state index < -0.39 is 32.3 Å². The number of nitrogens with one attached hydrogen (secondary N) is 2. The van der Waals surface area contributed by atoms with Crippen molar-refractivity contribution in [2.24, 2.45) is 0 Å². The van der Waals surface area contributed by atoms with Crippen LogP contribution < -0.4 is 26.6 Å². The number of rotatable bonds is 9. The molecule has 0 amide bonds. The van der Waals surface area contributed by atoms with Crippen LogP contribution in [-0.4, -0.2) is 52.0 Å². The Bertz CT molecular complexity index is 1440. The maximum absolute atomic E-state index is 12.5. The van der Waals surface area contributed by atoms with Crippen LogP contribution in [0.25, 0.3) is 12.2 Å². The molecule has 0 spiro atoms. The standard InChI is InChI=1S/C23H23N5O7/c1-26(2)8-3-9-35-19-6-4-15(5-7-19)12-20-22(29)25-21(23(30)24-20)13-16-10-17(27(31)32)14-18(11-16)28(33)34/h4-7,10-14H,3,8-9H2,1-2H3,(H,24,30)(H,25,29). The summed E-state index contributed by atoms with van der Waals surface area (Å²) in [7, 11) is 3.97. The molecule has 12 nitrogen and oxygen atoms in total. The first-order valence-electron chi connectivity index (χ1n) is 10.5. The molecule has 0 aliphatic carbocycles. The number of ether oxygens (including phenoxy) is 1. The molecule has 0 aliphatic rings. The van der Waals surface area contributed by atoms with Gasteiger partial charge in [0.25, 0.3) is 22.5 Å². The second-order valence-electron chi connectivity index (χ2n) is 7.90. The molecule has 3 aromatic rings. The lowest BCUT2D eigenvalue weighted by Crippen LogP contribution is -2.46. The molecule has 1 heterocycles. The molecule has 0 saturated heterocycles. The van der Waals surface area contributed by atoms with Crippen molar-refractivity contribution < 1.29 is 14.6 Å². The number of aromatic nitrogens is 2. The predicted molar refractivity (Wildman–Crippen MR) is 129 cm³/mol. The molecular weight excluding hydrogens is 458 g/mol. The second-order valence-corrected chi connectivity index (χ2v) is 7.90. The van der Waals surface area contributed by atoms with E-state index in [1.54, 1.807) is 24.3 Å². The van der Waals surface area contributed by atoms with Crippen molar-refractivity contribution in [3.8, 4) is 5.75 Å². The van der Waals surface area contributed by atoms with E-state index in [0.29, 0.717) is 17.9 Å². The van der Waals surface area contributed by atoms with Crippen molar-refractivity contribution in [2.75, 3.05) is 27.2 Å². The number of H-pyrrole nitrogens is 2. The fourth-order valence-electron chi connectivity index (χ4n) is 3.17. The van der Waals surface area contributed by atoms with Crippen molar-refractivity contribution >= 4 is 23.5 Å². The third kappa shape index (κ3) is 6.95. The van der Waals surface area contributed by atoms with Crippen LogP contribution in [0.5, 0.6) is 5.75 Å². The number of nitro groups is 2. The second kappa shape index (κ2) is 11.0. The molecular formula is C23H23N5O7. The van der Waals surface area contributed by atoms with E-state index in [9.17, 15) is 29.8 Å². The minimum Gasteiger partial charge on any atom is -0.494 e. The van der Waals surface area contributed by atoms with E-state index in [4.69, 9.17) is 4.74 Å². The Balaban J connectivity index is 1.89. The lowest BCUT2D eigenvalue weighted by atomic mass is 10.1. The summed E-state index contributed by atoms with van der Waals surface area (Å²) >= 11 is 0. The van der Waals surface area contributed by atoms with Gasteiger partial charge in [0.05, 0.1) is 22.5 Å². The summed E-state index contributed by atoms with van der Waals surface area (Å²) in [6, 6.07) is 9.92. The number of nitro benzene ring substituents is 2. The van der Waals surface area contributed by atoms with E-state index in [1.807, 2.05) is 14.1 Å². The van der Waals surface area contributed by atoms with Crippen molar-refractivity contribution in [3.63, 3.8) is 0 Å². The molecule has 2 N–H and O–H groups in total. The molecule has 0 unspecified atom stereocenters. The third-order valence-electron chi connectivity index (χ3n) is 4.85. The third-order valence-corrected chi connectivity index (χ3v) is 4.85. The van der Waals surface area contributed by atoms with Gasteiger partial charge in [0.2, 0.25) is 0 Å². The molecule has 0 radical (unpaired) electrons. The Morgan fingerprint density at radius 1 is 0.857 bits per heavy atom. The number of nitrogens with zero attached hydrogens (tertiary/aromatic N) is 3. The largest absolute Gasteiger partial charge is 0.494 e. The Hall–Kier alpha value is -4.58. The molecule has 0 bridgehead atoms. The molecule has 0 fully saturated rings. The van der Waals surface area contributed by atoms with Crippen LogP contribution in [0, 0.1) is 20.2 Å². The van der Waals surface area contributed by atoms with E-state index in [2.05, 4.69) is 14.9 Å². The summed E-state index contributed by atoms with van der Waals surface area (Å²) in [5.41, 5.74) is -1.65. The van der Waals surface area contributed by atoms with Gasteiger partial charge in [-0.3, -0.25) is 29.8 Å². The first kappa shape index (κ1) is 25.1. The molecule has 182 valence electrons. The van der Waals surface area contributed by atoms with E-state index in [0.717, 1.165) is 37.2 Å². The van der Waals surface area contributed by atoms with Crippen molar-refractivity contribution in [1.29, 1.82) is 0 Å². The maximum Gasteiger partial charge on any atom is 0.276 e. The summed E-state index contributed by atoms with van der Waals surface area (Å²) in [5.74, 6) is 0.680. The average Bonchev–Trinajstić information content (AvgIpc) is 2.80. The quantitative estimate of drug-likeness (QED) is 0.258. The number of hydrogen-bond donors (Lipinski definition) is 2. The SMILES string of the molecule is CN(C)CCCOc1ccc(C=c2[nH]c(=O)c(=Cc3cc([N+](=O)[O-])cc([N+](=O)[O-])c3)[nH]c2=O)cc1. The van der Waals surface area contributed by atoms with Gasteiger partial charge in [-0.05, 0) is 55.9 Å². The molecule has 1 aromatic heterocycles. The zero-order valence-corrected chi connectivity index (χ0v) is 19.0. The minimum atomic E-state index is -0.782. The van der Waals surface area contributed by atoms with E-state index in [-0.39, 0.29) is 16.3 Å². The predicted octanol–water partition coefficient (Wildman–Crippen LogP) is 0.868. The Morgan fingerprint density at radius 3 is 1.86 bits per heavy atom. The fraction of sp³-hybridized carbons (Fsp3) is 0.217. The highest BCUT2D eigenvalue weighted by molar-refractivity contribution is 5.58. The number of hydrogen-bond acceptors (Lipinski definition) is 8. The molecule has 12 heteroatoms. The Morgan fingerprint density at radius 2 is 1.37 bits per heavy atom. The zero-order chi connectivity index (χ0) is 25.5. The van der Waals surface area contributed by atoms with Gasteiger partial charge >= 0.3 is 0 Å². The summed E-state index contributed by atoms with van der Waals surface area (Å²) in [6.07, 6.45) is 3.50. The summed E-state index contributed by atoms with van der Waals surface area (Å²) in [5, 5.41) is 21.9. The van der Waals surface area contributed by atoms with Gasteiger partial charge < -0.3 is 19.6 Å². The first-order chi connectivity index (χ1) is 16.6. The molecule has 0 saturated carbocycles. The van der Waals surface area contributed by atoms with Gasteiger partial charge in [0, 0.05) is 18.7 Å². The zero-order valence-electron chi connectivity index (χ0n) is 19.0. The van der Waals surface area contributed by atoms with Crippen LogP contribution in [0.3, 0.4) is 0 Å². The van der Waals surface area contributed by atoms with Gasteiger partial charge in [0.1, 0.15) is 16.4 Å². The van der Waals surface area contributed by atoms with Crippen LogP contribution in [0.4, 0.5) is 11.4 Å². The lowest BCUT2D eigenvalue weighted by Gasteiger charge is -2.10.